The van der Waals surface area contributed by atoms with Gasteiger partial charge in [0, 0.05) is 38.0 Å². The summed E-state index contributed by atoms with van der Waals surface area (Å²) in [4.78, 5) is 4.92. The van der Waals surface area contributed by atoms with E-state index in [1.807, 2.05) is 0 Å². The van der Waals surface area contributed by atoms with Gasteiger partial charge in [-0.25, -0.2) is 8.42 Å². The van der Waals surface area contributed by atoms with Crippen LogP contribution in [0.15, 0.2) is 0 Å². The van der Waals surface area contributed by atoms with Crippen LogP contribution in [-0.2, 0) is 9.84 Å². The molecule has 0 aliphatic carbocycles. The molecule has 5 nitrogen and oxygen atoms in total. The number of nitrogens with zero attached hydrogens (tertiary/aromatic N) is 2. The summed E-state index contributed by atoms with van der Waals surface area (Å²) in [7, 11) is -2.81. The Morgan fingerprint density at radius 3 is 2.30 bits per heavy atom. The third-order valence-electron chi connectivity index (χ3n) is 4.26. The second-order valence-electron chi connectivity index (χ2n) is 5.61. The van der Waals surface area contributed by atoms with Gasteiger partial charge in [0.2, 0.25) is 0 Å². The third-order valence-corrected chi connectivity index (χ3v) is 6.05. The summed E-state index contributed by atoms with van der Waals surface area (Å²) in [6.07, 6.45) is 2.99. The van der Waals surface area contributed by atoms with Crippen LogP contribution in [0.3, 0.4) is 0 Å². The molecule has 20 heavy (non-hydrogen) atoms. The lowest BCUT2D eigenvalue weighted by molar-refractivity contribution is 0.0913. The Labute approximate surface area is 124 Å². The van der Waals surface area contributed by atoms with Crippen molar-refractivity contribution in [3.05, 3.63) is 0 Å². The number of hydrogen-bond donors (Lipinski definition) is 1. The maximum Gasteiger partial charge on any atom is 0.150 e. The van der Waals surface area contributed by atoms with E-state index < -0.39 is 9.84 Å². The molecule has 0 aromatic carbocycles. The molecule has 120 valence electrons. The molecule has 1 unspecified atom stereocenters. The predicted octanol–water partition coefficient (Wildman–Crippen LogP) is 0.556. The molecule has 1 aliphatic heterocycles. The number of rotatable bonds is 9. The van der Waals surface area contributed by atoms with Crippen molar-refractivity contribution in [1.82, 2.24) is 9.80 Å². The average molecular weight is 305 g/mol. The number of hydrogen-bond acceptors (Lipinski definition) is 5. The highest BCUT2D eigenvalue weighted by atomic mass is 32.2. The molecule has 1 aliphatic rings. The summed E-state index contributed by atoms with van der Waals surface area (Å²) in [5.41, 5.74) is 5.66. The van der Waals surface area contributed by atoms with Gasteiger partial charge in [0.15, 0.2) is 0 Å². The van der Waals surface area contributed by atoms with Crippen LogP contribution in [-0.4, -0.2) is 75.0 Å². The van der Waals surface area contributed by atoms with Crippen LogP contribution in [0, 0.1) is 0 Å². The predicted molar refractivity (Wildman–Crippen MR) is 84.7 cm³/mol. The Morgan fingerprint density at radius 2 is 1.80 bits per heavy atom. The molecule has 0 bridgehead atoms. The standard InChI is InChI=1S/C14H31N3O2S/c1-3-14(6-7-15)17-11-9-16(10-12-17)8-5-13-20(18,19)4-2/h14H,3-13,15H2,1-2H3. The fourth-order valence-electron chi connectivity index (χ4n) is 2.84. The van der Waals surface area contributed by atoms with Crippen molar-refractivity contribution in [2.24, 2.45) is 5.73 Å². The summed E-state index contributed by atoms with van der Waals surface area (Å²) in [5.74, 6) is 0.590. The van der Waals surface area contributed by atoms with Crippen molar-refractivity contribution in [2.75, 3.05) is 50.8 Å². The van der Waals surface area contributed by atoms with E-state index in [9.17, 15) is 8.42 Å². The normalized spacial score (nSPS) is 20.1. The van der Waals surface area contributed by atoms with Gasteiger partial charge in [-0.3, -0.25) is 4.90 Å². The first-order valence-electron chi connectivity index (χ1n) is 7.89. The quantitative estimate of drug-likeness (QED) is 0.674. The Hall–Kier alpha value is -0.170. The SMILES string of the molecule is CCC(CCN)N1CCN(CCCS(=O)(=O)CC)CC1. The van der Waals surface area contributed by atoms with E-state index >= 15 is 0 Å². The lowest BCUT2D eigenvalue weighted by Crippen LogP contribution is -2.50. The molecule has 0 aromatic rings. The molecule has 2 N–H and O–H groups in total. The Balaban J connectivity index is 2.25. The van der Waals surface area contributed by atoms with Gasteiger partial charge in [-0.15, -0.1) is 0 Å². The van der Waals surface area contributed by atoms with E-state index in [0.29, 0.717) is 11.8 Å². The zero-order chi connectivity index (χ0) is 15.0. The number of piperazine rings is 1. The van der Waals surface area contributed by atoms with Crippen molar-refractivity contribution >= 4 is 9.84 Å². The zero-order valence-electron chi connectivity index (χ0n) is 13.1. The first-order valence-corrected chi connectivity index (χ1v) is 9.71. The first-order chi connectivity index (χ1) is 9.52. The van der Waals surface area contributed by atoms with Crippen molar-refractivity contribution in [3.8, 4) is 0 Å². The van der Waals surface area contributed by atoms with Crippen LogP contribution in [0.4, 0.5) is 0 Å². The lowest BCUT2D eigenvalue weighted by atomic mass is 10.1. The molecule has 1 saturated heterocycles. The zero-order valence-corrected chi connectivity index (χ0v) is 13.9. The highest BCUT2D eigenvalue weighted by molar-refractivity contribution is 7.91. The Bertz CT molecular complexity index is 351. The molecule has 1 heterocycles. The van der Waals surface area contributed by atoms with Gasteiger partial charge in [-0.1, -0.05) is 13.8 Å². The maximum absolute atomic E-state index is 11.5. The van der Waals surface area contributed by atoms with Gasteiger partial charge in [0.05, 0.1) is 5.75 Å². The largest absolute Gasteiger partial charge is 0.330 e. The summed E-state index contributed by atoms with van der Waals surface area (Å²) < 4.78 is 22.9. The van der Waals surface area contributed by atoms with Gasteiger partial charge in [-0.05, 0) is 32.4 Å². The van der Waals surface area contributed by atoms with E-state index in [2.05, 4.69) is 16.7 Å². The molecule has 0 amide bonds. The highest BCUT2D eigenvalue weighted by Crippen LogP contribution is 2.12. The van der Waals surface area contributed by atoms with Crippen LogP contribution < -0.4 is 5.73 Å². The van der Waals surface area contributed by atoms with Crippen molar-refractivity contribution < 1.29 is 8.42 Å². The van der Waals surface area contributed by atoms with Gasteiger partial charge < -0.3 is 10.6 Å². The van der Waals surface area contributed by atoms with E-state index in [1.165, 1.54) is 0 Å². The van der Waals surface area contributed by atoms with E-state index in [-0.39, 0.29) is 5.75 Å². The Kier molecular flexibility index (Phi) is 8.02. The minimum atomic E-state index is -2.81. The fourth-order valence-corrected chi connectivity index (χ4v) is 3.70. The second-order valence-corrected chi connectivity index (χ2v) is 8.08. The third kappa shape index (κ3) is 6.08. The molecule has 1 fully saturated rings. The van der Waals surface area contributed by atoms with Crippen molar-refractivity contribution in [3.63, 3.8) is 0 Å². The van der Waals surface area contributed by atoms with Crippen molar-refractivity contribution in [2.45, 2.75) is 39.2 Å². The molecule has 1 atom stereocenters. The summed E-state index contributed by atoms with van der Waals surface area (Å²) in [6, 6.07) is 0.614. The second kappa shape index (κ2) is 8.97. The monoisotopic (exact) mass is 305 g/mol. The summed E-state index contributed by atoms with van der Waals surface area (Å²) in [5, 5.41) is 0. The number of nitrogens with two attached hydrogens (primary N) is 1. The molecule has 6 heteroatoms. The van der Waals surface area contributed by atoms with E-state index in [4.69, 9.17) is 5.73 Å². The lowest BCUT2D eigenvalue weighted by Gasteiger charge is -2.39. The summed E-state index contributed by atoms with van der Waals surface area (Å²) in [6.45, 7) is 9.87. The molecule has 0 saturated carbocycles. The van der Waals surface area contributed by atoms with Crippen LogP contribution >= 0.6 is 0 Å². The first kappa shape index (κ1) is 17.9. The Morgan fingerprint density at radius 1 is 1.15 bits per heavy atom. The number of sulfone groups is 1. The highest BCUT2D eigenvalue weighted by Gasteiger charge is 2.22. The minimum Gasteiger partial charge on any atom is -0.330 e. The topological polar surface area (TPSA) is 66.6 Å². The molecule has 0 radical (unpaired) electrons. The smallest absolute Gasteiger partial charge is 0.150 e. The summed E-state index contributed by atoms with van der Waals surface area (Å²) >= 11 is 0. The van der Waals surface area contributed by atoms with E-state index in [0.717, 1.165) is 58.5 Å². The fraction of sp³-hybridized carbons (Fsp3) is 1.00. The maximum atomic E-state index is 11.5. The van der Waals surface area contributed by atoms with Crippen LogP contribution in [0.1, 0.15) is 33.1 Å². The minimum absolute atomic E-state index is 0.262. The van der Waals surface area contributed by atoms with Gasteiger partial charge in [0.25, 0.3) is 0 Å². The van der Waals surface area contributed by atoms with Crippen LogP contribution in [0.5, 0.6) is 0 Å². The molecular weight excluding hydrogens is 274 g/mol. The average Bonchev–Trinajstić information content (AvgIpc) is 2.45. The van der Waals surface area contributed by atoms with Crippen LogP contribution in [0.25, 0.3) is 0 Å². The molecular formula is C14H31N3O2S. The van der Waals surface area contributed by atoms with Gasteiger partial charge in [0.1, 0.15) is 9.84 Å². The van der Waals surface area contributed by atoms with Gasteiger partial charge in [-0.2, -0.15) is 0 Å². The van der Waals surface area contributed by atoms with Crippen LogP contribution in [0.2, 0.25) is 0 Å². The van der Waals surface area contributed by atoms with Crippen molar-refractivity contribution in [1.29, 1.82) is 0 Å². The van der Waals surface area contributed by atoms with E-state index in [1.54, 1.807) is 6.92 Å². The molecule has 0 aromatic heterocycles. The molecule has 1 rings (SSSR count). The molecule has 0 spiro atoms. The van der Waals surface area contributed by atoms with Gasteiger partial charge >= 0.3 is 0 Å².